The lowest BCUT2D eigenvalue weighted by atomic mass is 10.0. The van der Waals surface area contributed by atoms with Crippen molar-refractivity contribution in [3.05, 3.63) is 70.1 Å². The Hall–Kier alpha value is -2.36. The molecule has 2 aromatic rings. The predicted molar refractivity (Wildman–Crippen MR) is 81.3 cm³/mol. The number of H-pyrrole nitrogens is 1. The molecule has 1 atom stereocenters. The van der Waals surface area contributed by atoms with E-state index in [1.165, 1.54) is 11.6 Å². The van der Waals surface area contributed by atoms with E-state index in [-0.39, 0.29) is 17.5 Å². The van der Waals surface area contributed by atoms with E-state index in [0.717, 1.165) is 25.8 Å². The maximum Gasteiger partial charge on any atom is 0.270 e. The monoisotopic (exact) mass is 282 g/mol. The summed E-state index contributed by atoms with van der Waals surface area (Å²) < 4.78 is 0. The maximum absolute atomic E-state index is 12.6. The number of likely N-dealkylation sites (tertiary alicyclic amines) is 1. The van der Waals surface area contributed by atoms with Crippen LogP contribution in [0, 0.1) is 0 Å². The Morgan fingerprint density at radius 3 is 2.71 bits per heavy atom. The third-order valence-corrected chi connectivity index (χ3v) is 3.95. The van der Waals surface area contributed by atoms with Crippen LogP contribution in [0.15, 0.2) is 53.3 Å². The average molecular weight is 282 g/mol. The Balaban J connectivity index is 1.77. The highest BCUT2D eigenvalue weighted by Gasteiger charge is 2.29. The molecule has 1 fully saturated rings. The Bertz CT molecular complexity index is 678. The van der Waals surface area contributed by atoms with Gasteiger partial charge in [-0.2, -0.15) is 0 Å². The molecule has 0 aliphatic carbocycles. The molecular weight excluding hydrogens is 264 g/mol. The normalized spacial score (nSPS) is 17.9. The van der Waals surface area contributed by atoms with Crippen molar-refractivity contribution in [3.8, 4) is 0 Å². The summed E-state index contributed by atoms with van der Waals surface area (Å²) in [4.78, 5) is 28.4. The predicted octanol–water partition coefficient (Wildman–Crippen LogP) is 2.22. The molecule has 0 spiro atoms. The lowest BCUT2D eigenvalue weighted by Gasteiger charge is -2.24. The number of nitrogens with one attached hydrogen (secondary N) is 1. The molecule has 0 radical (unpaired) electrons. The number of carbonyl (C=O) groups is 1. The SMILES string of the molecule is O=C(c1cccc(=O)[nH]1)N1CCCC1Cc1ccccc1. The minimum atomic E-state index is -0.236. The van der Waals surface area contributed by atoms with Crippen molar-refractivity contribution < 1.29 is 4.79 Å². The number of aromatic nitrogens is 1. The molecule has 108 valence electrons. The fourth-order valence-electron chi connectivity index (χ4n) is 2.93. The average Bonchev–Trinajstić information content (AvgIpc) is 2.95. The van der Waals surface area contributed by atoms with Gasteiger partial charge in [-0.15, -0.1) is 0 Å². The van der Waals surface area contributed by atoms with E-state index in [1.807, 2.05) is 23.1 Å². The van der Waals surface area contributed by atoms with Crippen LogP contribution in [-0.2, 0) is 6.42 Å². The molecule has 1 unspecified atom stereocenters. The fraction of sp³-hybridized carbons (Fsp3) is 0.294. The molecule has 1 saturated heterocycles. The first kappa shape index (κ1) is 13.6. The van der Waals surface area contributed by atoms with Crippen LogP contribution >= 0.6 is 0 Å². The van der Waals surface area contributed by atoms with Gasteiger partial charge in [0.15, 0.2) is 0 Å². The van der Waals surface area contributed by atoms with Gasteiger partial charge in [0.2, 0.25) is 5.56 Å². The number of aromatic amines is 1. The van der Waals surface area contributed by atoms with Crippen LogP contribution in [0.3, 0.4) is 0 Å². The zero-order valence-corrected chi connectivity index (χ0v) is 11.8. The molecular formula is C17H18N2O2. The molecule has 2 heterocycles. The summed E-state index contributed by atoms with van der Waals surface area (Å²) in [6.45, 7) is 0.757. The van der Waals surface area contributed by atoms with Gasteiger partial charge >= 0.3 is 0 Å². The van der Waals surface area contributed by atoms with Crippen molar-refractivity contribution in [2.45, 2.75) is 25.3 Å². The number of benzene rings is 1. The van der Waals surface area contributed by atoms with Crippen molar-refractivity contribution in [3.63, 3.8) is 0 Å². The van der Waals surface area contributed by atoms with Crippen molar-refractivity contribution >= 4 is 5.91 Å². The number of amides is 1. The Morgan fingerprint density at radius 2 is 1.95 bits per heavy atom. The third-order valence-electron chi connectivity index (χ3n) is 3.95. The zero-order valence-electron chi connectivity index (χ0n) is 11.8. The summed E-state index contributed by atoms with van der Waals surface area (Å²) in [6.07, 6.45) is 2.89. The number of nitrogens with zero attached hydrogens (tertiary/aromatic N) is 1. The standard InChI is InChI=1S/C17H18N2O2/c20-16-10-4-9-15(18-16)17(21)19-11-5-8-14(19)12-13-6-2-1-3-7-13/h1-4,6-7,9-10,14H,5,8,11-12H2,(H,18,20). The maximum atomic E-state index is 12.6. The van der Waals surface area contributed by atoms with E-state index >= 15 is 0 Å². The van der Waals surface area contributed by atoms with Gasteiger partial charge in [-0.1, -0.05) is 36.4 Å². The lowest BCUT2D eigenvalue weighted by Crippen LogP contribution is -2.37. The topological polar surface area (TPSA) is 53.2 Å². The lowest BCUT2D eigenvalue weighted by molar-refractivity contribution is 0.0730. The van der Waals surface area contributed by atoms with Crippen molar-refractivity contribution in [1.29, 1.82) is 0 Å². The van der Waals surface area contributed by atoms with Crippen molar-refractivity contribution in [2.75, 3.05) is 6.54 Å². The first-order valence-corrected chi connectivity index (χ1v) is 7.28. The molecule has 1 amide bonds. The second-order valence-corrected chi connectivity index (χ2v) is 5.41. The molecule has 4 nitrogen and oxygen atoms in total. The largest absolute Gasteiger partial charge is 0.334 e. The van der Waals surface area contributed by atoms with E-state index in [1.54, 1.807) is 12.1 Å². The van der Waals surface area contributed by atoms with E-state index in [2.05, 4.69) is 17.1 Å². The smallest absolute Gasteiger partial charge is 0.270 e. The number of rotatable bonds is 3. The molecule has 1 aromatic heterocycles. The molecule has 1 aliphatic heterocycles. The molecule has 0 bridgehead atoms. The first-order valence-electron chi connectivity index (χ1n) is 7.28. The van der Waals surface area contributed by atoms with Crippen LogP contribution in [-0.4, -0.2) is 28.4 Å². The number of pyridine rings is 1. The quantitative estimate of drug-likeness (QED) is 0.938. The molecule has 1 aliphatic rings. The van der Waals surface area contributed by atoms with Gasteiger partial charge < -0.3 is 9.88 Å². The van der Waals surface area contributed by atoms with Crippen LogP contribution < -0.4 is 5.56 Å². The Labute approximate surface area is 123 Å². The van der Waals surface area contributed by atoms with Crippen molar-refractivity contribution in [2.24, 2.45) is 0 Å². The highest BCUT2D eigenvalue weighted by molar-refractivity contribution is 5.92. The van der Waals surface area contributed by atoms with Gasteiger partial charge in [0, 0.05) is 18.7 Å². The summed E-state index contributed by atoms with van der Waals surface area (Å²) >= 11 is 0. The molecule has 4 heteroatoms. The number of carbonyl (C=O) groups excluding carboxylic acids is 1. The molecule has 21 heavy (non-hydrogen) atoms. The van der Waals surface area contributed by atoms with Gasteiger partial charge in [0.25, 0.3) is 5.91 Å². The van der Waals surface area contributed by atoms with E-state index in [9.17, 15) is 9.59 Å². The van der Waals surface area contributed by atoms with Gasteiger partial charge in [0.05, 0.1) is 0 Å². The van der Waals surface area contributed by atoms with Crippen LogP contribution in [0.4, 0.5) is 0 Å². The van der Waals surface area contributed by atoms with Gasteiger partial charge in [-0.05, 0) is 30.9 Å². The first-order chi connectivity index (χ1) is 10.2. The van der Waals surface area contributed by atoms with Gasteiger partial charge in [-0.3, -0.25) is 9.59 Å². The number of hydrogen-bond acceptors (Lipinski definition) is 2. The number of hydrogen-bond donors (Lipinski definition) is 1. The van der Waals surface area contributed by atoms with Crippen LogP contribution in [0.2, 0.25) is 0 Å². The van der Waals surface area contributed by atoms with Crippen molar-refractivity contribution in [1.82, 2.24) is 9.88 Å². The highest BCUT2D eigenvalue weighted by Crippen LogP contribution is 2.22. The van der Waals surface area contributed by atoms with Gasteiger partial charge in [-0.25, -0.2) is 0 Å². The summed E-state index contributed by atoms with van der Waals surface area (Å²) in [5.41, 5.74) is 1.38. The second-order valence-electron chi connectivity index (χ2n) is 5.41. The summed E-state index contributed by atoms with van der Waals surface area (Å²) in [6, 6.07) is 15.1. The summed E-state index contributed by atoms with van der Waals surface area (Å²) in [5, 5.41) is 0. The highest BCUT2D eigenvalue weighted by atomic mass is 16.2. The second kappa shape index (κ2) is 5.95. The summed E-state index contributed by atoms with van der Waals surface area (Å²) in [7, 11) is 0. The van der Waals surface area contributed by atoms with Crippen LogP contribution in [0.5, 0.6) is 0 Å². The summed E-state index contributed by atoms with van der Waals surface area (Å²) in [5.74, 6) is -0.0777. The molecule has 0 saturated carbocycles. The van der Waals surface area contributed by atoms with E-state index < -0.39 is 0 Å². The van der Waals surface area contributed by atoms with E-state index in [4.69, 9.17) is 0 Å². The Kier molecular flexibility index (Phi) is 3.86. The fourth-order valence-corrected chi connectivity index (χ4v) is 2.93. The minimum absolute atomic E-state index is 0.0777. The minimum Gasteiger partial charge on any atom is -0.334 e. The Morgan fingerprint density at radius 1 is 1.14 bits per heavy atom. The third kappa shape index (κ3) is 3.05. The van der Waals surface area contributed by atoms with Gasteiger partial charge in [0.1, 0.15) is 5.69 Å². The molecule has 1 N–H and O–H groups in total. The molecule has 3 rings (SSSR count). The van der Waals surface area contributed by atoms with Crippen LogP contribution in [0.25, 0.3) is 0 Å². The molecule has 1 aromatic carbocycles. The van der Waals surface area contributed by atoms with Crippen LogP contribution in [0.1, 0.15) is 28.9 Å². The zero-order chi connectivity index (χ0) is 14.7. The van der Waals surface area contributed by atoms with E-state index in [0.29, 0.717) is 5.69 Å².